The molecule has 1 aromatic heterocycles. The molecule has 3 heterocycles. The predicted molar refractivity (Wildman–Crippen MR) is 133 cm³/mol. The molecule has 2 N–H and O–H groups in total. The molecule has 2 aliphatic heterocycles. The summed E-state index contributed by atoms with van der Waals surface area (Å²) in [5.74, 6) is 2.58. The monoisotopic (exact) mass is 438 g/mol. The van der Waals surface area contributed by atoms with E-state index >= 15 is 0 Å². The normalized spacial score (nSPS) is 20.3. The highest BCUT2D eigenvalue weighted by atomic mass is 32.1. The van der Waals surface area contributed by atoms with Crippen molar-refractivity contribution in [1.29, 1.82) is 0 Å². The van der Waals surface area contributed by atoms with Gasteiger partial charge in [0.1, 0.15) is 11.6 Å². The summed E-state index contributed by atoms with van der Waals surface area (Å²) in [5, 5.41) is 7.17. The van der Waals surface area contributed by atoms with Crippen LogP contribution in [0.4, 0.5) is 17.6 Å². The van der Waals surface area contributed by atoms with Crippen LogP contribution in [0, 0.1) is 0 Å². The van der Waals surface area contributed by atoms with Gasteiger partial charge in [0.2, 0.25) is 5.95 Å². The number of rotatable bonds is 5. The van der Waals surface area contributed by atoms with Crippen LogP contribution >= 0.6 is 12.2 Å². The van der Waals surface area contributed by atoms with Crippen LogP contribution in [0.2, 0.25) is 0 Å². The van der Waals surface area contributed by atoms with Gasteiger partial charge in [-0.15, -0.1) is 0 Å². The Bertz CT molecular complexity index is 868. The summed E-state index contributed by atoms with van der Waals surface area (Å²) in [6, 6.07) is 13.1. The molecule has 0 radical (unpaired) electrons. The Labute approximate surface area is 191 Å². The maximum atomic E-state index is 5.61. The van der Waals surface area contributed by atoms with Crippen molar-refractivity contribution in [3.63, 3.8) is 0 Å². The maximum absolute atomic E-state index is 5.61. The molecule has 2 atom stereocenters. The van der Waals surface area contributed by atoms with Crippen molar-refractivity contribution in [3.8, 4) is 0 Å². The highest BCUT2D eigenvalue weighted by Gasteiger charge is 2.23. The highest BCUT2D eigenvalue weighted by molar-refractivity contribution is 7.80. The van der Waals surface area contributed by atoms with E-state index in [1.54, 1.807) is 0 Å². The molecule has 0 amide bonds. The van der Waals surface area contributed by atoms with Crippen LogP contribution in [0.5, 0.6) is 0 Å². The third kappa shape index (κ3) is 5.64. The average molecular weight is 439 g/mol. The maximum Gasteiger partial charge on any atom is 0.232 e. The second-order valence-corrected chi connectivity index (χ2v) is 9.13. The number of thiocarbonyl (C=S) groups is 1. The Morgan fingerprint density at radius 3 is 2.45 bits per heavy atom. The molecule has 0 unspecified atom stereocenters. The van der Waals surface area contributed by atoms with Gasteiger partial charge < -0.3 is 20.4 Å². The van der Waals surface area contributed by atoms with Gasteiger partial charge in [-0.1, -0.05) is 30.3 Å². The number of benzene rings is 1. The van der Waals surface area contributed by atoms with Crippen LogP contribution in [0.25, 0.3) is 0 Å². The number of aromatic nitrogens is 2. The fraction of sp³-hybridized carbons (Fsp3) is 0.542. The van der Waals surface area contributed by atoms with Crippen molar-refractivity contribution in [3.05, 3.63) is 42.0 Å². The topological polar surface area (TPSA) is 56.3 Å². The molecular formula is C24H34N6S. The van der Waals surface area contributed by atoms with Crippen molar-refractivity contribution < 1.29 is 0 Å². The summed E-state index contributed by atoms with van der Waals surface area (Å²) in [6.07, 6.45) is 7.45. The van der Waals surface area contributed by atoms with Crippen molar-refractivity contribution in [1.82, 2.24) is 15.3 Å². The fourth-order valence-corrected chi connectivity index (χ4v) is 4.78. The summed E-state index contributed by atoms with van der Waals surface area (Å²) < 4.78 is 0. The standard InChI is InChI=1S/C24H34N6S/c1-18-11-7-10-16-30(18)22-17-21(29-14-8-4-9-15-29)26-23(27-22)28-24(31)25-19(2)20-12-5-3-6-13-20/h3,5-6,12-13,17-19H,4,7-11,14-16H2,1-2H3,(H2,25,26,27,28,31)/t18-,19-/m0/s1. The van der Waals surface area contributed by atoms with Crippen LogP contribution in [-0.4, -0.2) is 40.8 Å². The van der Waals surface area contributed by atoms with E-state index in [9.17, 15) is 0 Å². The van der Waals surface area contributed by atoms with Crippen molar-refractivity contribution in [2.45, 2.75) is 64.5 Å². The minimum Gasteiger partial charge on any atom is -0.356 e. The van der Waals surface area contributed by atoms with Crippen molar-refractivity contribution in [2.24, 2.45) is 0 Å². The summed E-state index contributed by atoms with van der Waals surface area (Å²) in [6.45, 7) is 7.56. The number of nitrogens with zero attached hydrogens (tertiary/aromatic N) is 4. The minimum absolute atomic E-state index is 0.105. The van der Waals surface area contributed by atoms with E-state index in [1.165, 1.54) is 44.1 Å². The van der Waals surface area contributed by atoms with E-state index in [-0.39, 0.29) is 6.04 Å². The van der Waals surface area contributed by atoms with Gasteiger partial charge in [0.05, 0.1) is 6.04 Å². The van der Waals surface area contributed by atoms with E-state index in [1.807, 2.05) is 18.2 Å². The molecule has 166 valence electrons. The molecule has 0 spiro atoms. The average Bonchev–Trinajstić information content (AvgIpc) is 2.80. The largest absolute Gasteiger partial charge is 0.356 e. The van der Waals surface area contributed by atoms with E-state index in [0.717, 1.165) is 31.3 Å². The third-order valence-electron chi connectivity index (χ3n) is 6.35. The van der Waals surface area contributed by atoms with Gasteiger partial charge in [-0.25, -0.2) is 0 Å². The number of nitrogens with one attached hydrogen (secondary N) is 2. The molecule has 1 aromatic carbocycles. The molecule has 2 aliphatic rings. The van der Waals surface area contributed by atoms with Gasteiger partial charge in [-0.05, 0) is 70.2 Å². The van der Waals surface area contributed by atoms with Crippen molar-refractivity contribution in [2.75, 3.05) is 34.8 Å². The molecule has 0 saturated carbocycles. The van der Waals surface area contributed by atoms with E-state index < -0.39 is 0 Å². The Kier molecular flexibility index (Phi) is 7.22. The molecule has 2 saturated heterocycles. The van der Waals surface area contributed by atoms with Crippen LogP contribution < -0.4 is 20.4 Å². The minimum atomic E-state index is 0.105. The summed E-state index contributed by atoms with van der Waals surface area (Å²) >= 11 is 5.61. The van der Waals surface area contributed by atoms with Crippen LogP contribution in [0.1, 0.15) is 64.0 Å². The number of anilines is 3. The molecule has 2 aromatic rings. The van der Waals surface area contributed by atoms with Gasteiger partial charge in [0, 0.05) is 31.7 Å². The van der Waals surface area contributed by atoms with E-state index in [0.29, 0.717) is 17.1 Å². The zero-order valence-corrected chi connectivity index (χ0v) is 19.5. The summed E-state index contributed by atoms with van der Waals surface area (Å²) in [7, 11) is 0. The Balaban J connectivity index is 1.53. The highest BCUT2D eigenvalue weighted by Crippen LogP contribution is 2.28. The molecular weight excluding hydrogens is 404 g/mol. The zero-order valence-electron chi connectivity index (χ0n) is 18.7. The molecule has 0 aliphatic carbocycles. The van der Waals surface area contributed by atoms with Gasteiger partial charge in [0.25, 0.3) is 0 Å². The quantitative estimate of drug-likeness (QED) is 0.644. The third-order valence-corrected chi connectivity index (χ3v) is 6.57. The Morgan fingerprint density at radius 2 is 1.71 bits per heavy atom. The van der Waals surface area contributed by atoms with Gasteiger partial charge in [0.15, 0.2) is 5.11 Å². The van der Waals surface area contributed by atoms with Crippen LogP contribution in [0.15, 0.2) is 36.4 Å². The van der Waals surface area contributed by atoms with Gasteiger partial charge in [-0.3, -0.25) is 0 Å². The Hall–Kier alpha value is -2.41. The first-order valence-corrected chi connectivity index (χ1v) is 12.0. The first-order chi connectivity index (χ1) is 15.1. The molecule has 2 fully saturated rings. The lowest BCUT2D eigenvalue weighted by Gasteiger charge is -2.35. The Morgan fingerprint density at radius 1 is 1.00 bits per heavy atom. The lowest BCUT2D eigenvalue weighted by Crippen LogP contribution is -2.39. The lowest BCUT2D eigenvalue weighted by molar-refractivity contribution is 0.481. The molecule has 6 nitrogen and oxygen atoms in total. The molecule has 4 rings (SSSR count). The van der Waals surface area contributed by atoms with Crippen LogP contribution in [0.3, 0.4) is 0 Å². The van der Waals surface area contributed by atoms with Gasteiger partial charge >= 0.3 is 0 Å². The van der Waals surface area contributed by atoms with Crippen molar-refractivity contribution >= 4 is 34.9 Å². The first kappa shape index (κ1) is 21.8. The smallest absolute Gasteiger partial charge is 0.232 e. The predicted octanol–water partition coefficient (Wildman–Crippen LogP) is 4.89. The molecule has 7 heteroatoms. The summed E-state index contributed by atoms with van der Waals surface area (Å²) in [5.41, 5.74) is 1.19. The SMILES string of the molecule is C[C@H](NC(=S)Nc1nc(N2CCCCC2)cc(N2CCCC[C@@H]2C)n1)c1ccccc1. The second-order valence-electron chi connectivity index (χ2n) is 8.72. The number of hydrogen-bond donors (Lipinski definition) is 2. The fourth-order valence-electron chi connectivity index (χ4n) is 4.51. The summed E-state index contributed by atoms with van der Waals surface area (Å²) in [4.78, 5) is 14.5. The molecule has 31 heavy (non-hydrogen) atoms. The number of hydrogen-bond acceptors (Lipinski definition) is 5. The lowest BCUT2D eigenvalue weighted by atomic mass is 10.0. The molecule has 0 bridgehead atoms. The second kappa shape index (κ2) is 10.3. The first-order valence-electron chi connectivity index (χ1n) is 11.6. The van der Waals surface area contributed by atoms with E-state index in [4.69, 9.17) is 22.2 Å². The van der Waals surface area contributed by atoms with Gasteiger partial charge in [-0.2, -0.15) is 9.97 Å². The van der Waals surface area contributed by atoms with E-state index in [2.05, 4.69) is 52.5 Å². The zero-order chi connectivity index (χ0) is 21.6. The van der Waals surface area contributed by atoms with Crippen LogP contribution in [-0.2, 0) is 0 Å². The number of piperidine rings is 2.